The van der Waals surface area contributed by atoms with E-state index in [0.29, 0.717) is 23.1 Å². The van der Waals surface area contributed by atoms with Gasteiger partial charge in [-0.25, -0.2) is 0 Å². The minimum Gasteiger partial charge on any atom is -0.495 e. The Morgan fingerprint density at radius 1 is 1.23 bits per heavy atom. The van der Waals surface area contributed by atoms with Crippen LogP contribution in [0.5, 0.6) is 5.75 Å². The number of thiophene rings is 1. The molecule has 22 heavy (non-hydrogen) atoms. The van der Waals surface area contributed by atoms with Gasteiger partial charge in [-0.2, -0.15) is 0 Å². The molecule has 0 bridgehead atoms. The van der Waals surface area contributed by atoms with Crippen LogP contribution >= 0.6 is 11.3 Å². The van der Waals surface area contributed by atoms with E-state index in [2.05, 4.69) is 31.3 Å². The maximum Gasteiger partial charge on any atom is 0.265 e. The highest BCUT2D eigenvalue weighted by atomic mass is 32.1. The Kier molecular flexibility index (Phi) is 5.57. The van der Waals surface area contributed by atoms with Gasteiger partial charge in [0.25, 0.3) is 5.91 Å². The van der Waals surface area contributed by atoms with Crippen LogP contribution in [0.25, 0.3) is 0 Å². The monoisotopic (exact) mass is 318 g/mol. The van der Waals surface area contributed by atoms with E-state index in [9.17, 15) is 4.79 Å². The van der Waals surface area contributed by atoms with Gasteiger partial charge in [0.05, 0.1) is 7.11 Å². The molecule has 1 amide bonds. The summed E-state index contributed by atoms with van der Waals surface area (Å²) in [4.78, 5) is 12.7. The molecule has 0 radical (unpaired) electrons. The number of benzene rings is 1. The van der Waals surface area contributed by atoms with Crippen molar-refractivity contribution < 1.29 is 9.53 Å². The topological polar surface area (TPSA) is 64.3 Å². The maximum absolute atomic E-state index is 12.1. The van der Waals surface area contributed by atoms with Gasteiger partial charge in [-0.05, 0) is 28.5 Å². The number of hydrogen-bond donors (Lipinski definition) is 2. The van der Waals surface area contributed by atoms with Crippen molar-refractivity contribution in [3.05, 3.63) is 51.7 Å². The average Bonchev–Trinajstić information content (AvgIpc) is 3.01. The fraction of sp³-hybridized carbons (Fsp3) is 0.353. The first-order valence-electron chi connectivity index (χ1n) is 7.28. The highest BCUT2D eigenvalue weighted by molar-refractivity contribution is 7.12. The van der Waals surface area contributed by atoms with E-state index >= 15 is 0 Å². The summed E-state index contributed by atoms with van der Waals surface area (Å²) in [6, 6.07) is 9.78. The molecule has 118 valence electrons. The van der Waals surface area contributed by atoms with Crippen molar-refractivity contribution >= 4 is 17.2 Å². The summed E-state index contributed by atoms with van der Waals surface area (Å²) in [6.45, 7) is 4.70. The van der Waals surface area contributed by atoms with Crippen LogP contribution in [-0.4, -0.2) is 19.6 Å². The van der Waals surface area contributed by atoms with Crippen molar-refractivity contribution in [3.8, 4) is 5.75 Å². The number of carbonyl (C=O) groups is 1. The Balaban J connectivity index is 1.94. The van der Waals surface area contributed by atoms with Gasteiger partial charge in [0, 0.05) is 12.6 Å². The molecule has 0 saturated carbocycles. The largest absolute Gasteiger partial charge is 0.495 e. The minimum atomic E-state index is -0.226. The Morgan fingerprint density at radius 2 is 1.86 bits per heavy atom. The summed E-state index contributed by atoms with van der Waals surface area (Å²) in [6.07, 6.45) is 0. The first kappa shape index (κ1) is 16.5. The molecule has 2 aromatic rings. The van der Waals surface area contributed by atoms with Gasteiger partial charge in [-0.3, -0.25) is 4.79 Å². The first-order chi connectivity index (χ1) is 10.5. The van der Waals surface area contributed by atoms with E-state index < -0.39 is 0 Å². The smallest absolute Gasteiger partial charge is 0.265 e. The molecule has 0 aliphatic rings. The zero-order valence-electron chi connectivity index (χ0n) is 13.1. The quantitative estimate of drug-likeness (QED) is 0.859. The average molecular weight is 318 g/mol. The molecule has 1 aromatic carbocycles. The summed E-state index contributed by atoms with van der Waals surface area (Å²) >= 11 is 1.36. The third-order valence-electron chi connectivity index (χ3n) is 3.57. The lowest BCUT2D eigenvalue weighted by atomic mass is 9.99. The van der Waals surface area contributed by atoms with Gasteiger partial charge in [-0.15, -0.1) is 11.3 Å². The van der Waals surface area contributed by atoms with E-state index in [1.807, 2.05) is 17.5 Å². The summed E-state index contributed by atoms with van der Waals surface area (Å²) < 4.78 is 5.15. The number of hydrogen-bond acceptors (Lipinski definition) is 4. The molecule has 1 heterocycles. The summed E-state index contributed by atoms with van der Waals surface area (Å²) in [5.74, 6) is 0.940. The van der Waals surface area contributed by atoms with Gasteiger partial charge >= 0.3 is 0 Å². The lowest BCUT2D eigenvalue weighted by Gasteiger charge is -2.14. The molecule has 0 fully saturated rings. The van der Waals surface area contributed by atoms with Crippen LogP contribution in [0.4, 0.5) is 0 Å². The molecular formula is C17H22N2O2S. The lowest BCUT2D eigenvalue weighted by molar-refractivity contribution is 0.0952. The molecule has 0 spiro atoms. The first-order valence-corrected chi connectivity index (χ1v) is 8.16. The van der Waals surface area contributed by atoms with Crippen LogP contribution in [0.3, 0.4) is 0 Å². The zero-order chi connectivity index (χ0) is 16.1. The van der Waals surface area contributed by atoms with Crippen molar-refractivity contribution in [2.45, 2.75) is 25.8 Å². The van der Waals surface area contributed by atoms with Gasteiger partial charge in [0.15, 0.2) is 0 Å². The second-order valence-corrected chi connectivity index (χ2v) is 6.37. The molecule has 5 heteroatoms. The Morgan fingerprint density at radius 3 is 2.45 bits per heavy atom. The molecule has 2 rings (SSSR count). The van der Waals surface area contributed by atoms with Gasteiger partial charge in [-0.1, -0.05) is 38.1 Å². The van der Waals surface area contributed by atoms with Gasteiger partial charge < -0.3 is 15.8 Å². The Hall–Kier alpha value is -1.85. The third-order valence-corrected chi connectivity index (χ3v) is 4.46. The normalized spacial score (nSPS) is 12.2. The maximum atomic E-state index is 12.1. The van der Waals surface area contributed by atoms with Crippen molar-refractivity contribution in [2.75, 3.05) is 13.7 Å². The number of ether oxygens (including phenoxy) is 1. The van der Waals surface area contributed by atoms with Crippen molar-refractivity contribution in [3.63, 3.8) is 0 Å². The Bertz CT molecular complexity index is 620. The van der Waals surface area contributed by atoms with Crippen LogP contribution < -0.4 is 15.8 Å². The highest BCUT2D eigenvalue weighted by Crippen LogP contribution is 2.24. The summed E-state index contributed by atoms with van der Waals surface area (Å²) in [7, 11) is 1.56. The molecule has 1 atom stereocenters. The van der Waals surface area contributed by atoms with Gasteiger partial charge in [0.2, 0.25) is 0 Å². The van der Waals surface area contributed by atoms with E-state index in [-0.39, 0.29) is 11.9 Å². The van der Waals surface area contributed by atoms with Crippen LogP contribution in [-0.2, 0) is 0 Å². The lowest BCUT2D eigenvalue weighted by Crippen LogP contribution is -2.31. The third kappa shape index (κ3) is 3.87. The number of amides is 1. The molecule has 1 unspecified atom stereocenters. The second-order valence-electron chi connectivity index (χ2n) is 5.46. The van der Waals surface area contributed by atoms with E-state index in [4.69, 9.17) is 10.5 Å². The standard InChI is InChI=1S/C17H22N2O2S/c1-11(2)12-4-6-13(7-5-12)14(18)10-19-17(20)16-15(21-3)8-9-22-16/h4-9,11,14H,10,18H2,1-3H3,(H,19,20). The Labute approximate surface area is 135 Å². The summed E-state index contributed by atoms with van der Waals surface area (Å²) in [5, 5.41) is 4.69. The van der Waals surface area contributed by atoms with Crippen molar-refractivity contribution in [1.82, 2.24) is 5.32 Å². The number of nitrogens with two attached hydrogens (primary N) is 1. The number of nitrogens with one attached hydrogen (secondary N) is 1. The van der Waals surface area contributed by atoms with E-state index in [0.717, 1.165) is 5.56 Å². The highest BCUT2D eigenvalue weighted by Gasteiger charge is 2.15. The molecule has 4 nitrogen and oxygen atoms in total. The molecular weight excluding hydrogens is 296 g/mol. The van der Waals surface area contributed by atoms with Crippen molar-refractivity contribution in [1.29, 1.82) is 0 Å². The molecule has 0 saturated heterocycles. The molecule has 3 N–H and O–H groups in total. The minimum absolute atomic E-state index is 0.152. The van der Waals surface area contributed by atoms with Crippen LogP contribution in [0.2, 0.25) is 0 Å². The van der Waals surface area contributed by atoms with Crippen LogP contribution in [0.1, 0.15) is 46.6 Å². The molecule has 0 aliphatic carbocycles. The van der Waals surface area contributed by atoms with Crippen molar-refractivity contribution in [2.24, 2.45) is 5.73 Å². The fourth-order valence-corrected chi connectivity index (χ4v) is 2.93. The molecule has 0 aliphatic heterocycles. The number of methoxy groups -OCH3 is 1. The predicted octanol–water partition coefficient (Wildman–Crippen LogP) is 3.31. The van der Waals surface area contributed by atoms with E-state index in [1.54, 1.807) is 13.2 Å². The zero-order valence-corrected chi connectivity index (χ0v) is 13.9. The second kappa shape index (κ2) is 7.42. The fourth-order valence-electron chi connectivity index (χ4n) is 2.15. The SMILES string of the molecule is COc1ccsc1C(=O)NCC(N)c1ccc(C(C)C)cc1. The number of rotatable bonds is 6. The number of carbonyl (C=O) groups excluding carboxylic acids is 1. The van der Waals surface area contributed by atoms with Gasteiger partial charge in [0.1, 0.15) is 10.6 Å². The molecule has 1 aromatic heterocycles. The predicted molar refractivity (Wildman–Crippen MR) is 90.7 cm³/mol. The van der Waals surface area contributed by atoms with Crippen LogP contribution in [0.15, 0.2) is 35.7 Å². The van der Waals surface area contributed by atoms with E-state index in [1.165, 1.54) is 16.9 Å². The van der Waals surface area contributed by atoms with Crippen LogP contribution in [0, 0.1) is 0 Å². The summed E-state index contributed by atoms with van der Waals surface area (Å²) in [5.41, 5.74) is 8.45.